The van der Waals surface area contributed by atoms with Gasteiger partial charge in [-0.15, -0.1) is 0 Å². The minimum absolute atomic E-state index is 0.0634. The van der Waals surface area contributed by atoms with Crippen molar-refractivity contribution in [3.05, 3.63) is 113 Å². The molecule has 1 aliphatic heterocycles. The Morgan fingerprint density at radius 1 is 0.872 bits per heavy atom. The van der Waals surface area contributed by atoms with Crippen molar-refractivity contribution in [1.82, 2.24) is 4.98 Å². The molecule has 2 heterocycles. The summed E-state index contributed by atoms with van der Waals surface area (Å²) in [6.07, 6.45) is 0.851. The Labute approximate surface area is 276 Å². The van der Waals surface area contributed by atoms with Crippen molar-refractivity contribution < 1.29 is 33.6 Å². The largest absolute Gasteiger partial charge is 0.507 e. The number of hydrogen-bond acceptors (Lipinski definition) is 9. The summed E-state index contributed by atoms with van der Waals surface area (Å²) in [6.45, 7) is 5.30. The van der Waals surface area contributed by atoms with E-state index in [-0.39, 0.29) is 11.3 Å². The van der Waals surface area contributed by atoms with Gasteiger partial charge < -0.3 is 24.1 Å². The zero-order valence-corrected chi connectivity index (χ0v) is 27.1. The molecule has 240 valence electrons. The van der Waals surface area contributed by atoms with Gasteiger partial charge in [-0.05, 0) is 79.1 Å². The molecule has 1 unspecified atom stereocenters. The molecule has 47 heavy (non-hydrogen) atoms. The van der Waals surface area contributed by atoms with Crippen molar-refractivity contribution in [2.24, 2.45) is 0 Å². The van der Waals surface area contributed by atoms with Crippen LogP contribution in [-0.2, 0) is 16.2 Å². The number of fused-ring (bicyclic) bond motifs is 1. The van der Waals surface area contributed by atoms with Gasteiger partial charge in [-0.2, -0.15) is 0 Å². The number of aliphatic hydroxyl groups is 1. The average Bonchev–Trinajstić information content (AvgIpc) is 3.64. The molecule has 0 bridgehead atoms. The number of thiazole rings is 1. The maximum atomic E-state index is 13.8. The number of aliphatic hydroxyl groups excluding tert-OH is 1. The number of amides is 1. The van der Waals surface area contributed by atoms with Crippen molar-refractivity contribution in [2.45, 2.75) is 32.9 Å². The molecule has 1 saturated heterocycles. The van der Waals surface area contributed by atoms with Gasteiger partial charge in [0.2, 0.25) is 0 Å². The summed E-state index contributed by atoms with van der Waals surface area (Å²) in [7, 11) is 1.52. The van der Waals surface area contributed by atoms with Gasteiger partial charge in [0.25, 0.3) is 5.78 Å². The van der Waals surface area contributed by atoms with Gasteiger partial charge >= 0.3 is 5.91 Å². The maximum Gasteiger partial charge on any atom is 0.301 e. The van der Waals surface area contributed by atoms with Crippen LogP contribution >= 0.6 is 11.3 Å². The quantitative estimate of drug-likeness (QED) is 0.0832. The number of carbonyl (C=O) groups excluding carboxylic acids is 2. The highest BCUT2D eigenvalue weighted by atomic mass is 32.1. The highest BCUT2D eigenvalue weighted by molar-refractivity contribution is 7.22. The molecule has 0 spiro atoms. The first-order chi connectivity index (χ1) is 22.9. The molecule has 0 aliphatic carbocycles. The first-order valence-corrected chi connectivity index (χ1v) is 16.2. The Morgan fingerprint density at radius 3 is 2.36 bits per heavy atom. The van der Waals surface area contributed by atoms with Crippen LogP contribution in [0.15, 0.2) is 96.6 Å². The van der Waals surface area contributed by atoms with E-state index < -0.39 is 17.7 Å². The summed E-state index contributed by atoms with van der Waals surface area (Å²) >= 11 is 1.26. The Bertz CT molecular complexity index is 1940. The summed E-state index contributed by atoms with van der Waals surface area (Å²) in [6, 6.07) is 26.2. The zero-order valence-electron chi connectivity index (χ0n) is 26.3. The minimum Gasteiger partial charge on any atom is -0.507 e. The number of ether oxygens (including phenoxy) is 4. The molecule has 1 aromatic heterocycles. The number of rotatable bonds is 12. The molecule has 1 fully saturated rings. The fourth-order valence-electron chi connectivity index (χ4n) is 5.39. The van der Waals surface area contributed by atoms with Crippen molar-refractivity contribution >= 4 is 44.1 Å². The zero-order chi connectivity index (χ0) is 32.9. The molecule has 6 rings (SSSR count). The van der Waals surface area contributed by atoms with Crippen LogP contribution in [0.1, 0.15) is 43.0 Å². The Hall–Kier alpha value is -5.35. The second-order valence-corrected chi connectivity index (χ2v) is 11.8. The fourth-order valence-corrected chi connectivity index (χ4v) is 6.41. The van der Waals surface area contributed by atoms with Crippen LogP contribution in [0.4, 0.5) is 5.13 Å². The highest BCUT2D eigenvalue weighted by Crippen LogP contribution is 2.46. The highest BCUT2D eigenvalue weighted by Gasteiger charge is 2.48. The number of benzene rings is 4. The van der Waals surface area contributed by atoms with Gasteiger partial charge in [0, 0.05) is 5.56 Å². The Morgan fingerprint density at radius 2 is 1.64 bits per heavy atom. The van der Waals surface area contributed by atoms with E-state index in [1.165, 1.54) is 23.3 Å². The molecular weight excluding hydrogens is 616 g/mol. The summed E-state index contributed by atoms with van der Waals surface area (Å²) < 4.78 is 23.9. The molecule has 10 heteroatoms. The molecular formula is C37H34N2O7S. The summed E-state index contributed by atoms with van der Waals surface area (Å²) in [4.78, 5) is 33.7. The number of anilines is 1. The van der Waals surface area contributed by atoms with Crippen LogP contribution < -0.4 is 23.8 Å². The molecule has 5 aromatic rings. The lowest BCUT2D eigenvalue weighted by molar-refractivity contribution is -0.132. The number of hydrogen-bond donors (Lipinski definition) is 1. The van der Waals surface area contributed by atoms with Crippen LogP contribution in [0.2, 0.25) is 0 Å². The Kier molecular flexibility index (Phi) is 9.40. The molecule has 1 atom stereocenters. The molecule has 0 saturated carbocycles. The predicted octanol–water partition coefficient (Wildman–Crippen LogP) is 7.70. The van der Waals surface area contributed by atoms with E-state index in [0.29, 0.717) is 64.6 Å². The average molecular weight is 651 g/mol. The van der Waals surface area contributed by atoms with Crippen molar-refractivity contribution in [2.75, 3.05) is 25.2 Å². The van der Waals surface area contributed by atoms with Crippen molar-refractivity contribution in [3.63, 3.8) is 0 Å². The maximum absolute atomic E-state index is 13.8. The van der Waals surface area contributed by atoms with Crippen LogP contribution in [0, 0.1) is 0 Å². The number of methoxy groups -OCH3 is 1. The molecule has 1 amide bonds. The number of carbonyl (C=O) groups is 2. The summed E-state index contributed by atoms with van der Waals surface area (Å²) in [5.41, 5.74) is 2.48. The van der Waals surface area contributed by atoms with Gasteiger partial charge in [-0.3, -0.25) is 14.5 Å². The van der Waals surface area contributed by atoms with Crippen molar-refractivity contribution in [3.8, 4) is 23.0 Å². The second-order valence-electron chi connectivity index (χ2n) is 10.8. The van der Waals surface area contributed by atoms with Gasteiger partial charge in [-0.1, -0.05) is 54.7 Å². The second kappa shape index (κ2) is 14.0. The third-order valence-corrected chi connectivity index (χ3v) is 8.67. The summed E-state index contributed by atoms with van der Waals surface area (Å²) in [5.74, 6) is 0.285. The third kappa shape index (κ3) is 6.50. The van der Waals surface area contributed by atoms with Gasteiger partial charge in [0.05, 0.1) is 42.2 Å². The lowest BCUT2D eigenvalue weighted by Gasteiger charge is -2.24. The lowest BCUT2D eigenvalue weighted by atomic mass is 9.95. The normalized spacial score (nSPS) is 15.6. The standard InChI is InChI=1S/C37H34N2O7S/c1-4-19-45-26-14-11-24(12-15-26)34(40)32-33(25-13-18-29(30(20-25)43-3)46-22-23-9-7-6-8-10-23)39(36(42)35(32)41)37-38-28-17-16-27(44-5-2)21-31(28)47-37/h6-18,20-21,33,40H,4-5,19,22H2,1-3H3/b34-32+. The third-order valence-electron chi connectivity index (χ3n) is 7.65. The van der Waals surface area contributed by atoms with Gasteiger partial charge in [-0.25, -0.2) is 4.98 Å². The van der Waals surface area contributed by atoms with Gasteiger partial charge in [0.1, 0.15) is 23.9 Å². The molecule has 0 radical (unpaired) electrons. The predicted molar refractivity (Wildman–Crippen MR) is 182 cm³/mol. The fraction of sp³-hybridized carbons (Fsp3) is 0.216. The number of ketones is 1. The SMILES string of the molecule is CCCOc1ccc(/C(O)=C2\C(=O)C(=O)N(c3nc4ccc(OCC)cc4s3)C2c2ccc(OCc3ccccc3)c(OC)c2)cc1. The summed E-state index contributed by atoms with van der Waals surface area (Å²) in [5, 5.41) is 12.0. The molecule has 4 aromatic carbocycles. The van der Waals surface area contributed by atoms with E-state index >= 15 is 0 Å². The van der Waals surface area contributed by atoms with E-state index in [1.807, 2.05) is 62.4 Å². The van der Waals surface area contributed by atoms with E-state index in [1.54, 1.807) is 42.5 Å². The monoisotopic (exact) mass is 650 g/mol. The van der Waals surface area contributed by atoms with E-state index in [2.05, 4.69) is 0 Å². The van der Waals surface area contributed by atoms with Crippen LogP contribution in [0.25, 0.3) is 16.0 Å². The van der Waals surface area contributed by atoms with Gasteiger partial charge in [0.15, 0.2) is 16.6 Å². The van der Waals surface area contributed by atoms with Crippen LogP contribution in [0.5, 0.6) is 23.0 Å². The molecule has 9 nitrogen and oxygen atoms in total. The smallest absolute Gasteiger partial charge is 0.301 e. The molecule has 1 aliphatic rings. The first kappa shape index (κ1) is 31.6. The van der Waals surface area contributed by atoms with E-state index in [9.17, 15) is 14.7 Å². The van der Waals surface area contributed by atoms with E-state index in [0.717, 1.165) is 16.7 Å². The van der Waals surface area contributed by atoms with Crippen LogP contribution in [-0.4, -0.2) is 42.1 Å². The number of aromatic nitrogens is 1. The topological polar surface area (TPSA) is 107 Å². The lowest BCUT2D eigenvalue weighted by Crippen LogP contribution is -2.29. The Balaban J connectivity index is 1.44. The minimum atomic E-state index is -1.00. The number of nitrogens with zero attached hydrogens (tertiary/aromatic N) is 2. The first-order valence-electron chi connectivity index (χ1n) is 15.3. The number of Topliss-reactive ketones (excluding diaryl/α,β-unsaturated/α-hetero) is 1. The van der Waals surface area contributed by atoms with Crippen molar-refractivity contribution in [1.29, 1.82) is 0 Å². The van der Waals surface area contributed by atoms with E-state index in [4.69, 9.17) is 23.9 Å². The van der Waals surface area contributed by atoms with Crippen LogP contribution in [0.3, 0.4) is 0 Å². The molecule has 1 N–H and O–H groups in total.